The summed E-state index contributed by atoms with van der Waals surface area (Å²) in [5.74, 6) is 1.56. The molecule has 2 aromatic rings. The van der Waals surface area contributed by atoms with E-state index in [2.05, 4.69) is 5.32 Å². The highest BCUT2D eigenvalue weighted by Crippen LogP contribution is 2.32. The highest BCUT2D eigenvalue weighted by atomic mass is 16.5. The number of aromatic nitrogens is 1. The summed E-state index contributed by atoms with van der Waals surface area (Å²) in [5.41, 5.74) is 0.973. The molecule has 0 radical (unpaired) electrons. The maximum Gasteiger partial charge on any atom is 0.250 e. The van der Waals surface area contributed by atoms with Crippen LogP contribution in [0, 0.1) is 0 Å². The van der Waals surface area contributed by atoms with Gasteiger partial charge in [0, 0.05) is 43.5 Å². The minimum Gasteiger partial charge on any atom is -0.490 e. The molecule has 1 aromatic heterocycles. The number of hydrogen-bond acceptors (Lipinski definition) is 4. The fourth-order valence-electron chi connectivity index (χ4n) is 2.24. The van der Waals surface area contributed by atoms with Crippen LogP contribution in [0.25, 0.3) is 0 Å². The van der Waals surface area contributed by atoms with Gasteiger partial charge in [-0.3, -0.25) is 4.79 Å². The minimum atomic E-state index is 0.0120. The second kappa shape index (κ2) is 6.35. The first-order chi connectivity index (χ1) is 10.3. The minimum absolute atomic E-state index is 0.0120. The number of pyridine rings is 1. The SMILES string of the molecule is O=c1ccccn1CCNc1ccc2c(c1)OCCCO2. The number of nitrogens with zero attached hydrogens (tertiary/aromatic N) is 1. The van der Waals surface area contributed by atoms with Crippen LogP contribution in [0.3, 0.4) is 0 Å². The van der Waals surface area contributed by atoms with Crippen molar-refractivity contribution in [2.45, 2.75) is 13.0 Å². The van der Waals surface area contributed by atoms with Gasteiger partial charge in [0.05, 0.1) is 13.2 Å². The third-order valence-electron chi connectivity index (χ3n) is 3.33. The lowest BCUT2D eigenvalue weighted by molar-refractivity contribution is 0.297. The Balaban J connectivity index is 1.62. The normalized spacial score (nSPS) is 13.5. The quantitative estimate of drug-likeness (QED) is 0.935. The Morgan fingerprint density at radius 2 is 1.95 bits per heavy atom. The van der Waals surface area contributed by atoms with Gasteiger partial charge < -0.3 is 19.4 Å². The number of hydrogen-bond donors (Lipinski definition) is 1. The molecule has 1 N–H and O–H groups in total. The standard InChI is InChI=1S/C16H18N2O3/c19-16-4-1-2-8-18(16)9-7-17-13-5-6-14-15(12-13)21-11-3-10-20-14/h1-2,4-6,8,12,17H,3,7,9-11H2. The molecule has 0 bridgehead atoms. The van der Waals surface area contributed by atoms with Gasteiger partial charge in [-0.1, -0.05) is 6.07 Å². The Morgan fingerprint density at radius 3 is 2.81 bits per heavy atom. The zero-order valence-electron chi connectivity index (χ0n) is 11.7. The lowest BCUT2D eigenvalue weighted by Crippen LogP contribution is -2.21. The van der Waals surface area contributed by atoms with Gasteiger partial charge >= 0.3 is 0 Å². The van der Waals surface area contributed by atoms with E-state index in [4.69, 9.17) is 9.47 Å². The molecule has 1 aliphatic heterocycles. The van der Waals surface area contributed by atoms with E-state index in [9.17, 15) is 4.79 Å². The van der Waals surface area contributed by atoms with E-state index in [0.717, 1.165) is 23.6 Å². The van der Waals surface area contributed by atoms with Crippen LogP contribution in [0.2, 0.25) is 0 Å². The molecule has 5 heteroatoms. The monoisotopic (exact) mass is 286 g/mol. The maximum atomic E-state index is 11.6. The molecule has 5 nitrogen and oxygen atoms in total. The highest BCUT2D eigenvalue weighted by molar-refractivity contribution is 5.54. The first-order valence-electron chi connectivity index (χ1n) is 7.12. The summed E-state index contributed by atoms with van der Waals surface area (Å²) in [5, 5.41) is 3.30. The van der Waals surface area contributed by atoms with Gasteiger partial charge in [-0.05, 0) is 18.2 Å². The van der Waals surface area contributed by atoms with Crippen molar-refractivity contribution in [3.8, 4) is 11.5 Å². The van der Waals surface area contributed by atoms with Gasteiger partial charge in [0.15, 0.2) is 11.5 Å². The number of anilines is 1. The van der Waals surface area contributed by atoms with E-state index >= 15 is 0 Å². The average Bonchev–Trinajstić information content (AvgIpc) is 2.74. The Kier molecular flexibility index (Phi) is 4.09. The van der Waals surface area contributed by atoms with Crippen molar-refractivity contribution in [2.24, 2.45) is 0 Å². The van der Waals surface area contributed by atoms with Crippen molar-refractivity contribution in [1.82, 2.24) is 4.57 Å². The topological polar surface area (TPSA) is 52.5 Å². The van der Waals surface area contributed by atoms with Crippen molar-refractivity contribution in [3.63, 3.8) is 0 Å². The summed E-state index contributed by atoms with van der Waals surface area (Å²) in [4.78, 5) is 11.6. The van der Waals surface area contributed by atoms with Crippen LogP contribution in [0.4, 0.5) is 5.69 Å². The maximum absolute atomic E-state index is 11.6. The second-order valence-corrected chi connectivity index (χ2v) is 4.87. The Bertz CT molecular complexity index is 667. The van der Waals surface area contributed by atoms with Gasteiger partial charge in [-0.2, -0.15) is 0 Å². The Morgan fingerprint density at radius 1 is 1.10 bits per heavy atom. The van der Waals surface area contributed by atoms with E-state index in [1.54, 1.807) is 22.9 Å². The lowest BCUT2D eigenvalue weighted by atomic mass is 10.2. The predicted octanol–water partition coefficient (Wildman–Crippen LogP) is 2.12. The highest BCUT2D eigenvalue weighted by Gasteiger charge is 2.10. The van der Waals surface area contributed by atoms with Crippen molar-refractivity contribution < 1.29 is 9.47 Å². The summed E-state index contributed by atoms with van der Waals surface area (Å²) in [6.07, 6.45) is 2.69. The molecule has 0 fully saturated rings. The number of fused-ring (bicyclic) bond motifs is 1. The van der Waals surface area contributed by atoms with E-state index in [0.29, 0.717) is 26.3 Å². The van der Waals surface area contributed by atoms with Crippen molar-refractivity contribution in [3.05, 3.63) is 52.9 Å². The predicted molar refractivity (Wildman–Crippen MR) is 81.2 cm³/mol. The molecule has 0 aliphatic carbocycles. The van der Waals surface area contributed by atoms with Crippen LogP contribution < -0.4 is 20.3 Å². The van der Waals surface area contributed by atoms with Gasteiger partial charge in [0.25, 0.3) is 5.56 Å². The molecule has 0 atom stereocenters. The molecule has 1 aromatic carbocycles. The molecule has 2 heterocycles. The molecule has 110 valence electrons. The van der Waals surface area contributed by atoms with Gasteiger partial charge in [0.2, 0.25) is 0 Å². The average molecular weight is 286 g/mol. The van der Waals surface area contributed by atoms with E-state index in [-0.39, 0.29) is 5.56 Å². The zero-order valence-corrected chi connectivity index (χ0v) is 11.7. The first kappa shape index (κ1) is 13.5. The summed E-state index contributed by atoms with van der Waals surface area (Å²) in [6, 6.07) is 11.0. The molecule has 21 heavy (non-hydrogen) atoms. The molecule has 3 rings (SSSR count). The second-order valence-electron chi connectivity index (χ2n) is 4.87. The van der Waals surface area contributed by atoms with Crippen LogP contribution in [0.15, 0.2) is 47.4 Å². The number of rotatable bonds is 4. The summed E-state index contributed by atoms with van der Waals surface area (Å²) in [7, 11) is 0. The molecule has 0 spiro atoms. The fraction of sp³-hybridized carbons (Fsp3) is 0.312. The molecular formula is C16H18N2O3. The summed E-state index contributed by atoms with van der Waals surface area (Å²) < 4.78 is 12.9. The number of ether oxygens (including phenoxy) is 2. The summed E-state index contributed by atoms with van der Waals surface area (Å²) in [6.45, 7) is 2.66. The van der Waals surface area contributed by atoms with Crippen LogP contribution in [0.1, 0.15) is 6.42 Å². The van der Waals surface area contributed by atoms with Gasteiger partial charge in [-0.15, -0.1) is 0 Å². The summed E-state index contributed by atoms with van der Waals surface area (Å²) >= 11 is 0. The van der Waals surface area contributed by atoms with Crippen LogP contribution in [0.5, 0.6) is 11.5 Å². The molecular weight excluding hydrogens is 268 g/mol. The van der Waals surface area contributed by atoms with Crippen LogP contribution in [-0.2, 0) is 6.54 Å². The fourth-order valence-corrected chi connectivity index (χ4v) is 2.24. The molecule has 0 amide bonds. The Hall–Kier alpha value is -2.43. The van der Waals surface area contributed by atoms with E-state index < -0.39 is 0 Å². The first-order valence-corrected chi connectivity index (χ1v) is 7.12. The third kappa shape index (κ3) is 3.37. The van der Waals surface area contributed by atoms with E-state index in [1.165, 1.54) is 0 Å². The zero-order chi connectivity index (χ0) is 14.5. The largest absolute Gasteiger partial charge is 0.490 e. The van der Waals surface area contributed by atoms with Crippen molar-refractivity contribution in [2.75, 3.05) is 25.1 Å². The number of nitrogens with one attached hydrogen (secondary N) is 1. The van der Waals surface area contributed by atoms with Crippen molar-refractivity contribution in [1.29, 1.82) is 0 Å². The van der Waals surface area contributed by atoms with Crippen LogP contribution in [-0.4, -0.2) is 24.3 Å². The van der Waals surface area contributed by atoms with Gasteiger partial charge in [0.1, 0.15) is 0 Å². The molecule has 0 saturated heterocycles. The molecule has 0 saturated carbocycles. The molecule has 1 aliphatic rings. The van der Waals surface area contributed by atoms with Gasteiger partial charge in [-0.25, -0.2) is 0 Å². The van der Waals surface area contributed by atoms with Crippen LogP contribution >= 0.6 is 0 Å². The molecule has 0 unspecified atom stereocenters. The lowest BCUT2D eigenvalue weighted by Gasteiger charge is -2.11. The smallest absolute Gasteiger partial charge is 0.250 e. The number of benzene rings is 1. The van der Waals surface area contributed by atoms with Crippen molar-refractivity contribution >= 4 is 5.69 Å². The van der Waals surface area contributed by atoms with E-state index in [1.807, 2.05) is 24.3 Å². The Labute approximate surface area is 123 Å². The third-order valence-corrected chi connectivity index (χ3v) is 3.33.